The number of hydrogen-bond donors (Lipinski definition) is 2. The molecule has 0 saturated carbocycles. The van der Waals surface area contributed by atoms with Gasteiger partial charge in [-0.3, -0.25) is 14.5 Å². The fraction of sp³-hybridized carbons (Fsp3) is 0.316. The Morgan fingerprint density at radius 1 is 1.00 bits per heavy atom. The van der Waals surface area contributed by atoms with Crippen LogP contribution in [-0.4, -0.2) is 72.0 Å². The Bertz CT molecular complexity index is 1740. The van der Waals surface area contributed by atoms with Crippen LogP contribution in [0.2, 0.25) is 0 Å². The summed E-state index contributed by atoms with van der Waals surface area (Å²) >= 11 is 1.70. The van der Waals surface area contributed by atoms with Crippen molar-refractivity contribution in [1.29, 1.82) is 0 Å². The predicted octanol–water partition coefficient (Wildman–Crippen LogP) is 7.27. The lowest BCUT2D eigenvalue weighted by Crippen LogP contribution is -2.49. The number of rotatable bonds is 12. The lowest BCUT2D eigenvalue weighted by Gasteiger charge is -2.38. The molecule has 0 unspecified atom stereocenters. The van der Waals surface area contributed by atoms with Crippen molar-refractivity contribution in [3.05, 3.63) is 114 Å². The van der Waals surface area contributed by atoms with Crippen molar-refractivity contribution in [3.63, 3.8) is 0 Å². The van der Waals surface area contributed by atoms with E-state index in [4.69, 9.17) is 4.74 Å². The standard InChI is InChI=1S/C38H40F3N3O5S/c1-25-21-44(26(2)24-45)37(47)32-10-7-11-33(42-35(46)20-27-12-16-29(17-13-27)49-38(39,40)41)36(32)48-34(25)23-43(3)22-28-14-18-31(19-15-28)50-30-8-5-4-6-9-30/h4-19,25-26,34,45H,20-24H2,1-3H3,(H,42,46)/t25-,26+,34-/m1/s1. The van der Waals surface area contributed by atoms with E-state index in [0.29, 0.717) is 30.9 Å². The van der Waals surface area contributed by atoms with Crippen molar-refractivity contribution in [2.45, 2.75) is 55.1 Å². The van der Waals surface area contributed by atoms with E-state index in [1.165, 1.54) is 17.0 Å². The van der Waals surface area contributed by atoms with Gasteiger partial charge in [0.2, 0.25) is 5.91 Å². The molecule has 2 N–H and O–H groups in total. The molecule has 0 aliphatic carbocycles. The Labute approximate surface area is 294 Å². The fourth-order valence-electron chi connectivity index (χ4n) is 5.72. The average Bonchev–Trinajstić information content (AvgIpc) is 3.08. The van der Waals surface area contributed by atoms with E-state index in [2.05, 4.69) is 51.4 Å². The van der Waals surface area contributed by atoms with E-state index in [0.717, 1.165) is 22.6 Å². The Morgan fingerprint density at radius 2 is 1.66 bits per heavy atom. The first-order valence-electron chi connectivity index (χ1n) is 16.2. The van der Waals surface area contributed by atoms with Crippen LogP contribution >= 0.6 is 11.8 Å². The largest absolute Gasteiger partial charge is 0.573 e. The first-order valence-corrected chi connectivity index (χ1v) is 17.1. The van der Waals surface area contributed by atoms with Gasteiger partial charge in [0.15, 0.2) is 5.75 Å². The summed E-state index contributed by atoms with van der Waals surface area (Å²) in [5.74, 6) is -1.08. The molecule has 0 saturated heterocycles. The molecular formula is C38H40F3N3O5S. The molecule has 1 heterocycles. The van der Waals surface area contributed by atoms with Crippen molar-refractivity contribution < 1.29 is 37.3 Å². The summed E-state index contributed by atoms with van der Waals surface area (Å²) in [4.78, 5) is 33.1. The molecule has 0 aromatic heterocycles. The number of nitrogens with one attached hydrogen (secondary N) is 1. The van der Waals surface area contributed by atoms with Crippen molar-refractivity contribution in [2.75, 3.05) is 32.1 Å². The SMILES string of the molecule is C[C@@H]1CN([C@@H](C)CO)C(=O)c2cccc(NC(=O)Cc3ccc(OC(F)(F)F)cc3)c2O[C@@H]1CN(C)Cc1ccc(Sc2ccccc2)cc1. The van der Waals surface area contributed by atoms with E-state index in [1.807, 2.05) is 32.2 Å². The summed E-state index contributed by atoms with van der Waals surface area (Å²) in [7, 11) is 2.00. The zero-order chi connectivity index (χ0) is 35.8. The van der Waals surface area contributed by atoms with Gasteiger partial charge >= 0.3 is 6.36 Å². The van der Waals surface area contributed by atoms with Gasteiger partial charge in [-0.1, -0.05) is 67.2 Å². The number of carbonyl (C=O) groups excluding carboxylic acids is 2. The quantitative estimate of drug-likeness (QED) is 0.160. The number of aliphatic hydroxyl groups is 1. The number of hydrogen-bond acceptors (Lipinski definition) is 7. The van der Waals surface area contributed by atoms with E-state index < -0.39 is 24.4 Å². The van der Waals surface area contributed by atoms with Gasteiger partial charge in [0, 0.05) is 35.3 Å². The first kappa shape index (κ1) is 36.8. The zero-order valence-electron chi connectivity index (χ0n) is 28.0. The molecule has 4 aromatic rings. The van der Waals surface area contributed by atoms with Crippen LogP contribution < -0.4 is 14.8 Å². The van der Waals surface area contributed by atoms with Gasteiger partial charge in [-0.05, 0) is 73.6 Å². The van der Waals surface area contributed by atoms with E-state index >= 15 is 0 Å². The van der Waals surface area contributed by atoms with Crippen LogP contribution in [0.4, 0.5) is 18.9 Å². The Balaban J connectivity index is 1.32. The van der Waals surface area contributed by atoms with E-state index in [1.54, 1.807) is 41.8 Å². The molecule has 2 amide bonds. The number of benzene rings is 4. The maximum Gasteiger partial charge on any atom is 0.573 e. The Kier molecular flexibility index (Phi) is 12.1. The van der Waals surface area contributed by atoms with Gasteiger partial charge in [0.05, 0.1) is 30.3 Å². The number of aliphatic hydroxyl groups excluding tert-OH is 1. The monoisotopic (exact) mass is 707 g/mol. The minimum Gasteiger partial charge on any atom is -0.486 e. The molecule has 0 spiro atoms. The van der Waals surface area contributed by atoms with Crippen LogP contribution in [0.1, 0.15) is 35.3 Å². The number of para-hydroxylation sites is 1. The number of alkyl halides is 3. The molecule has 264 valence electrons. The molecule has 1 aliphatic rings. The normalized spacial score (nSPS) is 17.0. The van der Waals surface area contributed by atoms with Crippen LogP contribution in [0.3, 0.4) is 0 Å². The second kappa shape index (κ2) is 16.5. The minimum absolute atomic E-state index is 0.136. The van der Waals surface area contributed by atoms with Crippen molar-refractivity contribution in [3.8, 4) is 11.5 Å². The molecule has 5 rings (SSSR count). The van der Waals surface area contributed by atoms with E-state index in [-0.39, 0.29) is 41.9 Å². The maximum absolute atomic E-state index is 13.8. The van der Waals surface area contributed by atoms with Crippen molar-refractivity contribution in [1.82, 2.24) is 9.80 Å². The number of amides is 2. The number of anilines is 1. The third-order valence-electron chi connectivity index (χ3n) is 8.33. The summed E-state index contributed by atoms with van der Waals surface area (Å²) in [5.41, 5.74) is 2.14. The van der Waals surface area contributed by atoms with Crippen LogP contribution in [-0.2, 0) is 17.8 Å². The smallest absolute Gasteiger partial charge is 0.486 e. The highest BCUT2D eigenvalue weighted by atomic mass is 32.2. The molecule has 0 radical (unpaired) electrons. The Morgan fingerprint density at radius 3 is 2.32 bits per heavy atom. The molecule has 12 heteroatoms. The molecule has 0 bridgehead atoms. The minimum atomic E-state index is -4.82. The molecule has 3 atom stereocenters. The van der Waals surface area contributed by atoms with Gasteiger partial charge in [-0.2, -0.15) is 0 Å². The topological polar surface area (TPSA) is 91.3 Å². The first-order chi connectivity index (χ1) is 23.9. The highest BCUT2D eigenvalue weighted by molar-refractivity contribution is 7.99. The average molecular weight is 708 g/mol. The Hall–Kier alpha value is -4.52. The molecule has 50 heavy (non-hydrogen) atoms. The number of carbonyl (C=O) groups is 2. The molecule has 8 nitrogen and oxygen atoms in total. The lowest BCUT2D eigenvalue weighted by molar-refractivity contribution is -0.274. The number of likely N-dealkylation sites (N-methyl/N-ethyl adjacent to an activating group) is 1. The van der Waals surface area contributed by atoms with Gasteiger partial charge in [0.25, 0.3) is 5.91 Å². The van der Waals surface area contributed by atoms with Crippen LogP contribution in [0.25, 0.3) is 0 Å². The fourth-order valence-corrected chi connectivity index (χ4v) is 6.56. The summed E-state index contributed by atoms with van der Waals surface area (Å²) in [5, 5.41) is 12.8. The van der Waals surface area contributed by atoms with Gasteiger partial charge in [-0.15, -0.1) is 13.2 Å². The van der Waals surface area contributed by atoms with Gasteiger partial charge < -0.3 is 24.8 Å². The molecule has 1 aliphatic heterocycles. The van der Waals surface area contributed by atoms with Gasteiger partial charge in [-0.25, -0.2) is 0 Å². The van der Waals surface area contributed by atoms with E-state index in [9.17, 15) is 27.9 Å². The zero-order valence-corrected chi connectivity index (χ0v) is 28.8. The molecular weight excluding hydrogens is 667 g/mol. The van der Waals surface area contributed by atoms with Crippen LogP contribution in [0.15, 0.2) is 107 Å². The van der Waals surface area contributed by atoms with Crippen LogP contribution in [0.5, 0.6) is 11.5 Å². The van der Waals surface area contributed by atoms with Crippen molar-refractivity contribution >= 4 is 29.3 Å². The number of fused-ring (bicyclic) bond motifs is 1. The van der Waals surface area contributed by atoms with Crippen LogP contribution in [0, 0.1) is 5.92 Å². The molecule has 4 aromatic carbocycles. The summed E-state index contributed by atoms with van der Waals surface area (Å²) < 4.78 is 48.2. The maximum atomic E-state index is 13.8. The second-order valence-corrected chi connectivity index (χ2v) is 13.6. The third kappa shape index (κ3) is 10.0. The number of nitrogens with zero attached hydrogens (tertiary/aromatic N) is 2. The summed E-state index contributed by atoms with van der Waals surface area (Å²) in [6.45, 7) is 5.07. The summed E-state index contributed by atoms with van der Waals surface area (Å²) in [6, 6.07) is 28.1. The highest BCUT2D eigenvalue weighted by Gasteiger charge is 2.35. The van der Waals surface area contributed by atoms with Gasteiger partial charge in [0.1, 0.15) is 11.9 Å². The summed E-state index contributed by atoms with van der Waals surface area (Å²) in [6.07, 6.45) is -5.35. The second-order valence-electron chi connectivity index (χ2n) is 12.5. The predicted molar refractivity (Wildman–Crippen MR) is 186 cm³/mol. The highest BCUT2D eigenvalue weighted by Crippen LogP contribution is 2.35. The third-order valence-corrected chi connectivity index (χ3v) is 9.35. The van der Waals surface area contributed by atoms with Crippen molar-refractivity contribution in [2.24, 2.45) is 5.92 Å². The lowest BCUT2D eigenvalue weighted by atomic mass is 9.98. The number of ether oxygens (including phenoxy) is 2. The number of halogens is 3. The molecule has 0 fully saturated rings.